The summed E-state index contributed by atoms with van der Waals surface area (Å²) in [5, 5.41) is 13.4. The maximum Gasteiger partial charge on any atom is 0.0794 e. The second-order valence-electron chi connectivity index (χ2n) is 5.62. The van der Waals surface area contributed by atoms with Gasteiger partial charge in [-0.15, -0.1) is 0 Å². The highest BCUT2D eigenvalue weighted by atomic mass is 16.3. The van der Waals surface area contributed by atoms with Gasteiger partial charge in [0.05, 0.1) is 5.60 Å². The highest BCUT2D eigenvalue weighted by molar-refractivity contribution is 5.48. The highest BCUT2D eigenvalue weighted by Crippen LogP contribution is 2.26. The summed E-state index contributed by atoms with van der Waals surface area (Å²) >= 11 is 0. The largest absolute Gasteiger partial charge is 0.388 e. The van der Waals surface area contributed by atoms with Crippen molar-refractivity contribution in [1.29, 1.82) is 0 Å². The average molecular weight is 248 g/mol. The van der Waals surface area contributed by atoms with Crippen molar-refractivity contribution in [3.63, 3.8) is 0 Å². The molecule has 100 valence electrons. The van der Waals surface area contributed by atoms with E-state index >= 15 is 0 Å². The molecule has 1 fully saturated rings. The summed E-state index contributed by atoms with van der Waals surface area (Å²) in [6.45, 7) is 5.85. The fourth-order valence-electron chi connectivity index (χ4n) is 2.58. The smallest absolute Gasteiger partial charge is 0.0794 e. The molecule has 0 aliphatic carbocycles. The van der Waals surface area contributed by atoms with Gasteiger partial charge in [0.2, 0.25) is 0 Å². The molecule has 1 heterocycles. The van der Waals surface area contributed by atoms with Gasteiger partial charge in [0.15, 0.2) is 0 Å². The number of piperidine rings is 1. The molecule has 1 aromatic carbocycles. The Balaban J connectivity index is 2.09. The van der Waals surface area contributed by atoms with Crippen LogP contribution in [0, 0.1) is 0 Å². The second-order valence-corrected chi connectivity index (χ2v) is 5.62. The molecule has 0 bridgehead atoms. The highest BCUT2D eigenvalue weighted by Gasteiger charge is 2.28. The minimum Gasteiger partial charge on any atom is -0.388 e. The van der Waals surface area contributed by atoms with Crippen LogP contribution >= 0.6 is 0 Å². The molecule has 0 aromatic heterocycles. The summed E-state index contributed by atoms with van der Waals surface area (Å²) < 4.78 is 0. The Morgan fingerprint density at radius 2 is 2.00 bits per heavy atom. The summed E-state index contributed by atoms with van der Waals surface area (Å²) in [7, 11) is 1.97. The predicted octanol–water partition coefficient (Wildman–Crippen LogP) is 2.32. The van der Waals surface area contributed by atoms with Gasteiger partial charge in [0, 0.05) is 24.8 Å². The number of nitrogens with one attached hydrogen (secondary N) is 1. The van der Waals surface area contributed by atoms with Gasteiger partial charge in [0.1, 0.15) is 0 Å². The van der Waals surface area contributed by atoms with Crippen LogP contribution in [0.1, 0.15) is 38.3 Å². The summed E-state index contributed by atoms with van der Waals surface area (Å²) in [5.74, 6) is 0. The van der Waals surface area contributed by atoms with Crippen molar-refractivity contribution in [2.45, 2.75) is 38.3 Å². The normalized spacial score (nSPS) is 26.1. The minimum atomic E-state index is -0.546. The van der Waals surface area contributed by atoms with Crippen LogP contribution in [0.5, 0.6) is 0 Å². The third-order valence-electron chi connectivity index (χ3n) is 3.87. The lowest BCUT2D eigenvalue weighted by Crippen LogP contribution is -2.46. The van der Waals surface area contributed by atoms with Gasteiger partial charge in [-0.05, 0) is 51.4 Å². The maximum atomic E-state index is 10.1. The standard InChI is InChI=1S/C15H24N2O/c1-12(16-3)13-5-7-14(8-6-13)17-10-4-9-15(2,18)11-17/h5-8,12,16,18H,4,9-11H2,1-3H3. The molecule has 2 atom stereocenters. The number of aliphatic hydroxyl groups is 1. The topological polar surface area (TPSA) is 35.5 Å². The van der Waals surface area contributed by atoms with Crippen molar-refractivity contribution in [3.8, 4) is 0 Å². The number of nitrogens with zero attached hydrogens (tertiary/aromatic N) is 1. The Morgan fingerprint density at radius 3 is 2.56 bits per heavy atom. The number of hydrogen-bond donors (Lipinski definition) is 2. The van der Waals surface area contributed by atoms with E-state index in [2.05, 4.69) is 41.4 Å². The van der Waals surface area contributed by atoms with E-state index in [0.717, 1.165) is 25.9 Å². The molecule has 18 heavy (non-hydrogen) atoms. The lowest BCUT2D eigenvalue weighted by molar-refractivity contribution is 0.0449. The Bertz CT molecular complexity index is 386. The van der Waals surface area contributed by atoms with Crippen LogP contribution in [0.2, 0.25) is 0 Å². The van der Waals surface area contributed by atoms with Crippen LogP contribution in [-0.2, 0) is 0 Å². The van der Waals surface area contributed by atoms with E-state index in [4.69, 9.17) is 0 Å². The van der Waals surface area contributed by atoms with Crippen molar-refractivity contribution < 1.29 is 5.11 Å². The third kappa shape index (κ3) is 3.03. The first-order valence-corrected chi connectivity index (χ1v) is 6.76. The zero-order valence-electron chi connectivity index (χ0n) is 11.6. The maximum absolute atomic E-state index is 10.1. The predicted molar refractivity (Wildman–Crippen MR) is 76.0 cm³/mol. The van der Waals surface area contributed by atoms with Crippen LogP contribution in [0.15, 0.2) is 24.3 Å². The summed E-state index contributed by atoms with van der Waals surface area (Å²) in [4.78, 5) is 2.28. The molecular formula is C15H24N2O. The lowest BCUT2D eigenvalue weighted by Gasteiger charge is -2.38. The first-order valence-electron chi connectivity index (χ1n) is 6.76. The molecule has 1 saturated heterocycles. The molecule has 0 radical (unpaired) electrons. The number of rotatable bonds is 3. The molecule has 1 aromatic rings. The summed E-state index contributed by atoms with van der Waals surface area (Å²) in [5.41, 5.74) is 1.96. The SMILES string of the molecule is CNC(C)c1ccc(N2CCCC(C)(O)C2)cc1. The summed E-state index contributed by atoms with van der Waals surface area (Å²) in [6, 6.07) is 9.03. The molecule has 0 spiro atoms. The number of β-amino-alcohol motifs (C(OH)–C–C–N with tert-alkyl or cyclic N) is 1. The molecule has 0 saturated carbocycles. The molecule has 0 amide bonds. The van der Waals surface area contributed by atoms with Crippen LogP contribution < -0.4 is 10.2 Å². The van der Waals surface area contributed by atoms with Crippen molar-refractivity contribution in [3.05, 3.63) is 29.8 Å². The molecule has 2 N–H and O–H groups in total. The van der Waals surface area contributed by atoms with Gasteiger partial charge in [-0.1, -0.05) is 12.1 Å². The fraction of sp³-hybridized carbons (Fsp3) is 0.600. The first kappa shape index (κ1) is 13.4. The van der Waals surface area contributed by atoms with Crippen molar-refractivity contribution in [1.82, 2.24) is 5.32 Å². The number of anilines is 1. The van der Waals surface area contributed by atoms with Gasteiger partial charge < -0.3 is 15.3 Å². The Kier molecular flexibility index (Phi) is 3.93. The number of benzene rings is 1. The zero-order chi connectivity index (χ0) is 13.2. The second kappa shape index (κ2) is 5.29. The Morgan fingerprint density at radius 1 is 1.33 bits per heavy atom. The molecular weight excluding hydrogens is 224 g/mol. The minimum absolute atomic E-state index is 0.378. The lowest BCUT2D eigenvalue weighted by atomic mass is 9.94. The molecule has 1 aliphatic rings. The van der Waals surface area contributed by atoms with Crippen LogP contribution in [0.4, 0.5) is 5.69 Å². The van der Waals surface area contributed by atoms with Crippen molar-refractivity contribution in [2.24, 2.45) is 0 Å². The zero-order valence-corrected chi connectivity index (χ0v) is 11.6. The van der Waals surface area contributed by atoms with Crippen LogP contribution in [-0.4, -0.2) is 30.8 Å². The molecule has 1 aliphatic heterocycles. The molecule has 3 heteroatoms. The quantitative estimate of drug-likeness (QED) is 0.861. The average Bonchev–Trinajstić information content (AvgIpc) is 2.37. The van der Waals surface area contributed by atoms with E-state index < -0.39 is 5.60 Å². The van der Waals surface area contributed by atoms with Crippen molar-refractivity contribution in [2.75, 3.05) is 25.0 Å². The van der Waals surface area contributed by atoms with Gasteiger partial charge in [-0.25, -0.2) is 0 Å². The van der Waals surface area contributed by atoms with Crippen molar-refractivity contribution >= 4 is 5.69 Å². The van der Waals surface area contributed by atoms with E-state index in [1.165, 1.54) is 11.3 Å². The van der Waals surface area contributed by atoms with E-state index in [0.29, 0.717) is 6.04 Å². The first-order chi connectivity index (χ1) is 8.52. The molecule has 2 unspecified atom stereocenters. The summed E-state index contributed by atoms with van der Waals surface area (Å²) in [6.07, 6.45) is 1.96. The van der Waals surface area contributed by atoms with Gasteiger partial charge in [-0.2, -0.15) is 0 Å². The van der Waals surface area contributed by atoms with E-state index in [9.17, 15) is 5.11 Å². The van der Waals surface area contributed by atoms with E-state index in [-0.39, 0.29) is 0 Å². The fourth-order valence-corrected chi connectivity index (χ4v) is 2.58. The molecule has 3 nitrogen and oxygen atoms in total. The van der Waals surface area contributed by atoms with E-state index in [1.807, 2.05) is 14.0 Å². The van der Waals surface area contributed by atoms with Crippen LogP contribution in [0.3, 0.4) is 0 Å². The van der Waals surface area contributed by atoms with Gasteiger partial charge in [0.25, 0.3) is 0 Å². The monoisotopic (exact) mass is 248 g/mol. The van der Waals surface area contributed by atoms with Crippen LogP contribution in [0.25, 0.3) is 0 Å². The molecule has 2 rings (SSSR count). The number of hydrogen-bond acceptors (Lipinski definition) is 3. The van der Waals surface area contributed by atoms with E-state index in [1.54, 1.807) is 0 Å². The Hall–Kier alpha value is -1.06. The third-order valence-corrected chi connectivity index (χ3v) is 3.87. The van der Waals surface area contributed by atoms with Gasteiger partial charge in [-0.3, -0.25) is 0 Å². The van der Waals surface area contributed by atoms with Gasteiger partial charge >= 0.3 is 0 Å². The Labute approximate surface area is 110 Å².